The highest BCUT2D eigenvalue weighted by Crippen LogP contribution is 2.30. The SMILES string of the molecule is Cc1c(C(C)NS(=O)(=O)C2CCOC2C)oc2ccccc12. The summed E-state index contributed by atoms with van der Waals surface area (Å²) in [6.07, 6.45) is 0.254. The summed E-state index contributed by atoms with van der Waals surface area (Å²) in [5.74, 6) is 0.663. The average molecular weight is 323 g/mol. The van der Waals surface area contributed by atoms with Crippen molar-refractivity contribution in [3.05, 3.63) is 35.6 Å². The number of benzene rings is 1. The molecule has 5 nitrogen and oxygen atoms in total. The maximum absolute atomic E-state index is 12.5. The minimum absolute atomic E-state index is 0.276. The first-order chi connectivity index (χ1) is 10.4. The number of furan rings is 1. The molecule has 0 spiro atoms. The summed E-state index contributed by atoms with van der Waals surface area (Å²) in [6.45, 7) is 6.05. The standard InChI is InChI=1S/C16H21NO4S/c1-10-13-6-4-5-7-14(13)21-16(10)11(2)17-22(18,19)15-8-9-20-12(15)3/h4-7,11-12,15,17H,8-9H2,1-3H3. The molecule has 1 aliphatic heterocycles. The zero-order chi connectivity index (χ0) is 15.9. The highest BCUT2D eigenvalue weighted by atomic mass is 32.2. The predicted octanol–water partition coefficient (Wildman–Crippen LogP) is 2.90. The highest BCUT2D eigenvalue weighted by molar-refractivity contribution is 7.90. The van der Waals surface area contributed by atoms with Crippen LogP contribution in [-0.2, 0) is 14.8 Å². The minimum Gasteiger partial charge on any atom is -0.459 e. The normalized spacial score (nSPS) is 24.0. The van der Waals surface area contributed by atoms with Crippen molar-refractivity contribution in [2.45, 2.75) is 44.6 Å². The van der Waals surface area contributed by atoms with Crippen molar-refractivity contribution in [2.24, 2.45) is 0 Å². The maximum atomic E-state index is 12.5. The third kappa shape index (κ3) is 2.66. The van der Waals surface area contributed by atoms with Crippen LogP contribution in [0.3, 0.4) is 0 Å². The lowest BCUT2D eigenvalue weighted by Crippen LogP contribution is -2.39. The molecule has 1 saturated heterocycles. The van der Waals surface area contributed by atoms with Gasteiger partial charge in [0, 0.05) is 17.6 Å². The van der Waals surface area contributed by atoms with Gasteiger partial charge in [-0.1, -0.05) is 18.2 Å². The second-order valence-electron chi connectivity index (χ2n) is 5.88. The molecule has 0 aliphatic carbocycles. The molecule has 3 atom stereocenters. The van der Waals surface area contributed by atoms with Crippen LogP contribution in [0.1, 0.15) is 37.6 Å². The van der Waals surface area contributed by atoms with Crippen LogP contribution in [0.5, 0.6) is 0 Å². The number of sulfonamides is 1. The first-order valence-corrected chi connectivity index (χ1v) is 9.05. The molecule has 6 heteroatoms. The van der Waals surface area contributed by atoms with E-state index in [4.69, 9.17) is 9.15 Å². The minimum atomic E-state index is -3.45. The highest BCUT2D eigenvalue weighted by Gasteiger charge is 2.37. The molecule has 2 heterocycles. The van der Waals surface area contributed by atoms with E-state index in [1.807, 2.05) is 38.1 Å². The summed E-state index contributed by atoms with van der Waals surface area (Å²) >= 11 is 0. The second kappa shape index (κ2) is 5.68. The van der Waals surface area contributed by atoms with Crippen molar-refractivity contribution >= 4 is 21.0 Å². The Labute approximate surface area is 130 Å². The lowest BCUT2D eigenvalue weighted by Gasteiger charge is -2.19. The van der Waals surface area contributed by atoms with Crippen LogP contribution in [0, 0.1) is 6.92 Å². The van der Waals surface area contributed by atoms with Crippen molar-refractivity contribution < 1.29 is 17.6 Å². The Hall–Kier alpha value is -1.37. The molecule has 3 rings (SSSR count). The number of aryl methyl sites for hydroxylation is 1. The van der Waals surface area contributed by atoms with Crippen molar-refractivity contribution in [3.63, 3.8) is 0 Å². The summed E-state index contributed by atoms with van der Waals surface area (Å²) < 4.78 is 39.0. The van der Waals surface area contributed by atoms with E-state index in [9.17, 15) is 8.42 Å². The molecule has 1 aromatic carbocycles. The van der Waals surface area contributed by atoms with E-state index in [1.54, 1.807) is 6.92 Å². The van der Waals surface area contributed by atoms with Crippen molar-refractivity contribution in [2.75, 3.05) is 6.61 Å². The zero-order valence-corrected chi connectivity index (χ0v) is 13.8. The Morgan fingerprint density at radius 2 is 2.05 bits per heavy atom. The van der Waals surface area contributed by atoms with Crippen molar-refractivity contribution in [1.29, 1.82) is 0 Å². The van der Waals surface area contributed by atoms with Gasteiger partial charge in [0.05, 0.1) is 12.1 Å². The van der Waals surface area contributed by atoms with Gasteiger partial charge >= 0.3 is 0 Å². The first-order valence-electron chi connectivity index (χ1n) is 7.51. The topological polar surface area (TPSA) is 68.5 Å². The second-order valence-corrected chi connectivity index (χ2v) is 7.81. The summed E-state index contributed by atoms with van der Waals surface area (Å²) in [5, 5.41) is 0.515. The largest absolute Gasteiger partial charge is 0.459 e. The molecule has 0 amide bonds. The zero-order valence-electron chi connectivity index (χ0n) is 13.0. The van der Waals surface area contributed by atoms with Crippen LogP contribution in [0.15, 0.2) is 28.7 Å². The summed E-state index contributed by atoms with van der Waals surface area (Å²) in [4.78, 5) is 0. The lowest BCUT2D eigenvalue weighted by atomic mass is 10.1. The Morgan fingerprint density at radius 3 is 2.68 bits per heavy atom. The molecule has 1 fully saturated rings. The first kappa shape index (κ1) is 15.5. The molecule has 1 aliphatic rings. The van der Waals surface area contributed by atoms with E-state index < -0.39 is 21.3 Å². The van der Waals surface area contributed by atoms with Gasteiger partial charge in [0.15, 0.2) is 0 Å². The van der Waals surface area contributed by atoms with Crippen molar-refractivity contribution in [1.82, 2.24) is 4.72 Å². The van der Waals surface area contributed by atoms with E-state index in [1.165, 1.54) is 0 Å². The monoisotopic (exact) mass is 323 g/mol. The van der Waals surface area contributed by atoms with Crippen LogP contribution in [0.2, 0.25) is 0 Å². The fraction of sp³-hybridized carbons (Fsp3) is 0.500. The van der Waals surface area contributed by atoms with Crippen LogP contribution < -0.4 is 4.72 Å². The number of rotatable bonds is 4. The molecular formula is C16H21NO4S. The predicted molar refractivity (Wildman–Crippen MR) is 85.2 cm³/mol. The fourth-order valence-electron chi connectivity index (χ4n) is 3.11. The quantitative estimate of drug-likeness (QED) is 0.939. The van der Waals surface area contributed by atoms with Gasteiger partial charge in [-0.3, -0.25) is 0 Å². The number of hydrogen-bond acceptors (Lipinski definition) is 4. The van der Waals surface area contributed by atoms with E-state index in [0.717, 1.165) is 16.5 Å². The molecule has 1 N–H and O–H groups in total. The number of para-hydroxylation sites is 1. The molecule has 3 unspecified atom stereocenters. The Morgan fingerprint density at radius 1 is 1.32 bits per heavy atom. The lowest BCUT2D eigenvalue weighted by molar-refractivity contribution is 0.126. The van der Waals surface area contributed by atoms with Gasteiger partial charge in [0.25, 0.3) is 0 Å². The summed E-state index contributed by atoms with van der Waals surface area (Å²) in [5.41, 5.74) is 1.75. The smallest absolute Gasteiger partial charge is 0.217 e. The van der Waals surface area contributed by atoms with Gasteiger partial charge in [-0.15, -0.1) is 0 Å². The fourth-order valence-corrected chi connectivity index (χ4v) is 4.88. The van der Waals surface area contributed by atoms with E-state index in [2.05, 4.69) is 4.72 Å². The van der Waals surface area contributed by atoms with Crippen molar-refractivity contribution in [3.8, 4) is 0 Å². The van der Waals surface area contributed by atoms with Gasteiger partial charge in [-0.25, -0.2) is 13.1 Å². The van der Waals surface area contributed by atoms with Crippen LogP contribution in [0.4, 0.5) is 0 Å². The van der Waals surface area contributed by atoms with Gasteiger partial charge in [0.1, 0.15) is 16.6 Å². The molecule has 120 valence electrons. The summed E-state index contributed by atoms with van der Waals surface area (Å²) in [6, 6.07) is 7.30. The van der Waals surface area contributed by atoms with Gasteiger partial charge < -0.3 is 9.15 Å². The number of ether oxygens (including phenoxy) is 1. The third-order valence-electron chi connectivity index (χ3n) is 4.32. The molecule has 0 bridgehead atoms. The van der Waals surface area contributed by atoms with E-state index in [-0.39, 0.29) is 6.10 Å². The van der Waals surface area contributed by atoms with Crippen LogP contribution in [0.25, 0.3) is 11.0 Å². The van der Waals surface area contributed by atoms with Gasteiger partial charge in [-0.05, 0) is 33.3 Å². The molecule has 22 heavy (non-hydrogen) atoms. The Bertz CT molecular complexity index is 781. The summed E-state index contributed by atoms with van der Waals surface area (Å²) in [7, 11) is -3.45. The molecule has 2 aromatic rings. The third-order valence-corrected chi connectivity index (χ3v) is 6.42. The number of nitrogens with one attached hydrogen (secondary N) is 1. The average Bonchev–Trinajstić information content (AvgIpc) is 3.03. The van der Waals surface area contributed by atoms with E-state index >= 15 is 0 Å². The van der Waals surface area contributed by atoms with Gasteiger partial charge in [0.2, 0.25) is 10.0 Å². The van der Waals surface area contributed by atoms with Crippen LogP contribution in [-0.4, -0.2) is 26.4 Å². The molecule has 1 aromatic heterocycles. The maximum Gasteiger partial charge on any atom is 0.217 e. The molecule has 0 saturated carbocycles. The molecule has 0 radical (unpaired) electrons. The van der Waals surface area contributed by atoms with Gasteiger partial charge in [-0.2, -0.15) is 0 Å². The van der Waals surface area contributed by atoms with E-state index in [0.29, 0.717) is 18.8 Å². The molecular weight excluding hydrogens is 302 g/mol. The number of fused-ring (bicyclic) bond motifs is 1. The Balaban J connectivity index is 1.87. The Kier molecular flexibility index (Phi) is 4.01. The van der Waals surface area contributed by atoms with Crippen LogP contribution >= 0.6 is 0 Å². The number of hydrogen-bond donors (Lipinski definition) is 1.